The first-order valence-corrected chi connectivity index (χ1v) is 43.5. The molecule has 0 aromatic heterocycles. The minimum atomic E-state index is -2.82. The van der Waals surface area contributed by atoms with E-state index in [1.807, 2.05) is 0 Å². The molecule has 136 heavy (non-hydrogen) atoms. The zero-order valence-corrected chi connectivity index (χ0v) is 73.4. The summed E-state index contributed by atoms with van der Waals surface area (Å²) in [4.78, 5) is 65.5. The number of rotatable bonds is 35. The molecule has 11 rings (SSSR count). The number of hydrogen-bond donors (Lipinski definition) is 34. The molecule has 0 bridgehead atoms. The molecule has 11 saturated heterocycles. The number of ether oxygens (including phenoxy) is 21. The second-order valence-electron chi connectivity index (χ2n) is 34.5. The number of hydrogen-bond acceptors (Lipinski definition) is 55. The van der Waals surface area contributed by atoms with Crippen molar-refractivity contribution < 1.29 is 272 Å². The van der Waals surface area contributed by atoms with Gasteiger partial charge in [-0.05, 0) is 6.92 Å². The summed E-state index contributed by atoms with van der Waals surface area (Å²) in [6, 6.07) is -10.0. The summed E-state index contributed by atoms with van der Waals surface area (Å²) in [5.41, 5.74) is 0. The minimum absolute atomic E-state index is 0.866. The molecule has 0 spiro atoms. The van der Waals surface area contributed by atoms with Crippen molar-refractivity contribution >= 4 is 29.5 Å². The highest BCUT2D eigenvalue weighted by Crippen LogP contribution is 2.42. The van der Waals surface area contributed by atoms with Crippen LogP contribution >= 0.6 is 0 Å². The summed E-state index contributed by atoms with van der Waals surface area (Å²) in [5, 5.41) is 340. The van der Waals surface area contributed by atoms with Crippen LogP contribution in [0.3, 0.4) is 0 Å². The van der Waals surface area contributed by atoms with E-state index in [-0.39, 0.29) is 0 Å². The first-order valence-electron chi connectivity index (χ1n) is 43.5. The summed E-state index contributed by atoms with van der Waals surface area (Å²) in [6.07, 6.45) is -108. The molecule has 55 atom stereocenters. The van der Waals surface area contributed by atoms with Crippen molar-refractivity contribution in [1.29, 1.82) is 0 Å². The molecule has 0 aromatic carbocycles. The van der Waals surface area contributed by atoms with Crippen LogP contribution in [0.2, 0.25) is 0 Å². The standard InChI is InChI=1S/C76H127N5O55/c1-17-38(95)50(107)54(111)71(118-17)116-15-31-60(47(104)33(66(115)119-31)77-18(2)90)129-69-36(80-21(5)93)48(105)59(29(13-88)126-69)131-74-57(114)63(61(132-67-34(78-19(3)91)45(102)39(96)23(7-82)120-67)32(128-74)16-117-75-64(52(109)42(99)26(10-85)124-75)135-68-35(79-20(4)92)46(103)40(97)24(8-83)121-68)134-76-65(53(110)43(100)27(11-86)125-76)136-70-37(81-22(6)94)49(106)58(30(14-89)127-70)130-73-56(113)62(44(101)28(12-87)123-73)133-72-55(112)51(108)41(98)25(9-84)122-72/h17,23-76,82-89,95-115H,7-16H2,1-6H3,(H,77,90)(H,78,91)(H,79,92)(H,80,93)(H,81,94)/t17-,23+,24+,25+,26+,27+,28+,29+,30+,31+,32+,33+,34+,35+,36+,37+,38+,39+,40+,41-,42+,43+,44-,45+,46+,47+,48+,49+,50+,51-,52-,53-,54-,55+,56+,57-,58+,59+,60+,61+,62-,63+,64-,65-,66+,67-,68-,69-,70-,71+,72+,73-,74-,75-,76+/m0/s1. The molecule has 60 nitrogen and oxygen atoms in total. The lowest BCUT2D eigenvalue weighted by molar-refractivity contribution is -0.409. The van der Waals surface area contributed by atoms with Gasteiger partial charge in [-0.1, -0.05) is 0 Å². The fraction of sp³-hybridized carbons (Fsp3) is 0.934. The minimum Gasteiger partial charge on any atom is -0.394 e. The molecule has 0 saturated carbocycles. The van der Waals surface area contributed by atoms with Gasteiger partial charge in [-0.3, -0.25) is 24.0 Å². The molecule has 11 heterocycles. The zero-order chi connectivity index (χ0) is 100. The van der Waals surface area contributed by atoms with E-state index in [2.05, 4.69) is 26.6 Å². The molecule has 11 aliphatic rings. The first kappa shape index (κ1) is 112. The molecule has 34 N–H and O–H groups in total. The van der Waals surface area contributed by atoms with E-state index in [0.29, 0.717) is 0 Å². The van der Waals surface area contributed by atoms with E-state index in [1.54, 1.807) is 0 Å². The molecule has 0 aromatic rings. The van der Waals surface area contributed by atoms with Gasteiger partial charge in [-0.25, -0.2) is 0 Å². The van der Waals surface area contributed by atoms with Crippen molar-refractivity contribution in [2.45, 2.75) is 379 Å². The second-order valence-corrected chi connectivity index (χ2v) is 34.5. The SMILES string of the molecule is CC(=O)N[C@@H]1[C@@H](O)[C@H](O[C@@H]2O[C@H](CO)[C@@H](O[C@@H]3O[C@H](CO[C@H]4O[C@H](CO)[C@@H](O)[C@H](O)[C@@H]4O[C@@H]4O[C@H](CO)[C@@H](O)[C@H](O)[C@H]4NC(C)=O)[C@@H](O[C@@H]4O[C@H](CO)[C@@H](O)[C@H](O)[C@H]4NC(C)=O)[C@H](O[C@H]4O[C@H](CO)[C@@H](O)[C@H](O)[C@@H]4O[C@@H]4O[C@H](CO)[C@@H](O[C@@H]5O[C@H](CO)[C@H](O)[C@H](O[C@H]6O[C@H](CO)[C@H](O)[C@H](O)[C@H]6O)[C@H]5O)[C@H](O)[C@H]4NC(C)=O)[C@@H]3O)[C@H](O)[C@H]2NC(C)=O)[C@@H](CO[C@@H]2O[C@@H](C)[C@@H](O)[C@@H](O)[C@@H]2O)O[C@H]1O. The molecular formula is C76H127N5O55. The number of nitrogens with one attached hydrogen (secondary N) is 5. The van der Waals surface area contributed by atoms with E-state index in [9.17, 15) is 172 Å². The third-order valence-corrected chi connectivity index (χ3v) is 24.9. The highest BCUT2D eigenvalue weighted by Gasteiger charge is 2.63. The molecular weight excluding hydrogens is 1860 g/mol. The lowest BCUT2D eigenvalue weighted by Gasteiger charge is -2.52. The lowest BCUT2D eigenvalue weighted by Crippen LogP contribution is -2.72. The van der Waals surface area contributed by atoms with Crippen molar-refractivity contribution in [1.82, 2.24) is 26.6 Å². The Kier molecular flexibility index (Phi) is 40.1. The fourth-order valence-electron chi connectivity index (χ4n) is 17.7. The van der Waals surface area contributed by atoms with Crippen molar-refractivity contribution in [3.05, 3.63) is 0 Å². The fourth-order valence-corrected chi connectivity index (χ4v) is 17.7. The predicted molar refractivity (Wildman–Crippen MR) is 419 cm³/mol. The van der Waals surface area contributed by atoms with Gasteiger partial charge >= 0.3 is 0 Å². The monoisotopic (exact) mass is 1990 g/mol. The summed E-state index contributed by atoms with van der Waals surface area (Å²) in [5.74, 6) is -4.93. The number of carbonyl (C=O) groups is 5. The van der Waals surface area contributed by atoms with Gasteiger partial charge in [0.15, 0.2) is 69.2 Å². The van der Waals surface area contributed by atoms with Crippen LogP contribution in [0.4, 0.5) is 0 Å². The maximum Gasteiger partial charge on any atom is 0.217 e. The van der Waals surface area contributed by atoms with Crippen molar-refractivity contribution in [2.75, 3.05) is 66.1 Å². The van der Waals surface area contributed by atoms with Gasteiger partial charge < -0.3 is 274 Å². The van der Waals surface area contributed by atoms with Crippen LogP contribution in [0.5, 0.6) is 0 Å². The Morgan fingerprint density at radius 3 is 0.882 bits per heavy atom. The Labute approximate surface area is 770 Å². The average Bonchev–Trinajstić information content (AvgIpc) is 0.754. The number of aliphatic hydroxyl groups excluding tert-OH is 29. The molecule has 786 valence electrons. The predicted octanol–water partition coefficient (Wildman–Crippen LogP) is -23.2. The Balaban J connectivity index is 1.00. The molecule has 0 radical (unpaired) electrons. The van der Waals surface area contributed by atoms with E-state index in [4.69, 9.17) is 99.5 Å². The zero-order valence-electron chi connectivity index (χ0n) is 73.4. The van der Waals surface area contributed by atoms with Crippen LogP contribution in [0.15, 0.2) is 0 Å². The summed E-state index contributed by atoms with van der Waals surface area (Å²) < 4.78 is 128. The van der Waals surface area contributed by atoms with Crippen molar-refractivity contribution in [2.24, 2.45) is 0 Å². The number of carbonyl (C=O) groups excluding carboxylic acids is 5. The summed E-state index contributed by atoms with van der Waals surface area (Å²) in [6.45, 7) is -5.93. The van der Waals surface area contributed by atoms with E-state index in [0.717, 1.165) is 34.6 Å². The van der Waals surface area contributed by atoms with Crippen LogP contribution in [0, 0.1) is 0 Å². The Bertz CT molecular complexity index is 3760. The molecule has 0 unspecified atom stereocenters. The lowest BCUT2D eigenvalue weighted by atomic mass is 9.93. The van der Waals surface area contributed by atoms with Crippen molar-refractivity contribution in [3.8, 4) is 0 Å². The summed E-state index contributed by atoms with van der Waals surface area (Å²) in [7, 11) is 0. The van der Waals surface area contributed by atoms with Gasteiger partial charge in [-0.2, -0.15) is 0 Å². The van der Waals surface area contributed by atoms with Crippen LogP contribution in [0.25, 0.3) is 0 Å². The quantitative estimate of drug-likeness (QED) is 0.0280. The highest BCUT2D eigenvalue weighted by atomic mass is 16.8. The third kappa shape index (κ3) is 24.8. The normalized spacial score (nSPS) is 49.2. The van der Waals surface area contributed by atoms with Crippen LogP contribution < -0.4 is 26.6 Å². The van der Waals surface area contributed by atoms with Crippen LogP contribution in [-0.2, 0) is 123 Å². The van der Waals surface area contributed by atoms with Gasteiger partial charge in [0.2, 0.25) is 29.5 Å². The van der Waals surface area contributed by atoms with Gasteiger partial charge in [0.25, 0.3) is 0 Å². The van der Waals surface area contributed by atoms with Gasteiger partial charge in [0, 0.05) is 34.6 Å². The smallest absolute Gasteiger partial charge is 0.217 e. The molecule has 11 fully saturated rings. The Morgan fingerprint density at radius 1 is 0.206 bits per heavy atom. The average molecular weight is 1990 g/mol. The van der Waals surface area contributed by atoms with Gasteiger partial charge in [-0.15, -0.1) is 0 Å². The number of aliphatic hydroxyl groups is 29. The van der Waals surface area contributed by atoms with E-state index < -0.39 is 433 Å². The Hall–Kier alpha value is -4.65. The molecule has 5 amide bonds. The van der Waals surface area contributed by atoms with E-state index in [1.165, 1.54) is 6.92 Å². The van der Waals surface area contributed by atoms with E-state index >= 15 is 0 Å². The summed E-state index contributed by atoms with van der Waals surface area (Å²) >= 11 is 0. The van der Waals surface area contributed by atoms with Crippen molar-refractivity contribution in [3.63, 3.8) is 0 Å². The van der Waals surface area contributed by atoms with Crippen LogP contribution in [0.1, 0.15) is 41.5 Å². The van der Waals surface area contributed by atoms with Crippen LogP contribution in [-0.4, -0.2) is 581 Å². The molecule has 0 aliphatic carbocycles. The maximum absolute atomic E-state index is 13.5. The Morgan fingerprint density at radius 2 is 0.463 bits per heavy atom. The first-order chi connectivity index (χ1) is 64.3. The second kappa shape index (κ2) is 48.8. The number of amides is 5. The largest absolute Gasteiger partial charge is 0.394 e. The topological polar surface area (TPSA) is 926 Å². The van der Waals surface area contributed by atoms with Gasteiger partial charge in [0.05, 0.1) is 72.2 Å². The molecule has 11 aliphatic heterocycles. The van der Waals surface area contributed by atoms with Gasteiger partial charge in [0.1, 0.15) is 262 Å². The third-order valence-electron chi connectivity index (χ3n) is 24.9. The molecule has 60 heteroatoms. The maximum atomic E-state index is 13.5. The highest BCUT2D eigenvalue weighted by molar-refractivity contribution is 5.75.